The molecule has 0 bridgehead atoms. The predicted octanol–water partition coefficient (Wildman–Crippen LogP) is 4.05. The number of anilines is 1. The molecule has 3 amide bonds. The zero-order valence-corrected chi connectivity index (χ0v) is 17.7. The van der Waals surface area contributed by atoms with E-state index in [1.165, 1.54) is 30.9 Å². The van der Waals surface area contributed by atoms with E-state index < -0.39 is 0 Å². The van der Waals surface area contributed by atoms with Crippen molar-refractivity contribution in [2.75, 3.05) is 25.5 Å². The van der Waals surface area contributed by atoms with E-state index in [1.54, 1.807) is 35.0 Å². The maximum Gasteiger partial charge on any atom is 0.321 e. The van der Waals surface area contributed by atoms with Crippen molar-refractivity contribution in [3.05, 3.63) is 78.6 Å². The van der Waals surface area contributed by atoms with E-state index in [0.717, 1.165) is 11.1 Å². The van der Waals surface area contributed by atoms with Gasteiger partial charge < -0.3 is 15.1 Å². The third-order valence-corrected chi connectivity index (χ3v) is 5.72. The first-order chi connectivity index (χ1) is 15.5. The number of carbonyl (C=O) groups is 2. The second kappa shape index (κ2) is 9.55. The Hall–Kier alpha value is -3.81. The van der Waals surface area contributed by atoms with Crippen LogP contribution in [-0.2, 0) is 0 Å². The molecule has 7 nitrogen and oxygen atoms in total. The molecule has 1 aromatic heterocycles. The molecule has 2 aromatic carbocycles. The highest BCUT2D eigenvalue weighted by Gasteiger charge is 2.28. The Morgan fingerprint density at radius 2 is 1.72 bits per heavy atom. The Morgan fingerprint density at radius 3 is 2.38 bits per heavy atom. The monoisotopic (exact) mass is 433 g/mol. The van der Waals surface area contributed by atoms with E-state index in [1.807, 2.05) is 18.2 Å². The molecule has 4 rings (SSSR count). The van der Waals surface area contributed by atoms with Crippen LogP contribution in [0, 0.1) is 5.82 Å². The van der Waals surface area contributed by atoms with Crippen molar-refractivity contribution in [1.82, 2.24) is 19.8 Å². The second-order valence-electron chi connectivity index (χ2n) is 7.78. The van der Waals surface area contributed by atoms with Crippen LogP contribution in [0.1, 0.15) is 23.2 Å². The summed E-state index contributed by atoms with van der Waals surface area (Å²) in [5.74, 6) is -0.374. The maximum atomic E-state index is 13.4. The number of amides is 3. The summed E-state index contributed by atoms with van der Waals surface area (Å²) in [5.41, 5.74) is 2.79. The third-order valence-electron chi connectivity index (χ3n) is 5.72. The van der Waals surface area contributed by atoms with Gasteiger partial charge in [0.15, 0.2) is 0 Å². The van der Waals surface area contributed by atoms with E-state index in [9.17, 15) is 14.0 Å². The van der Waals surface area contributed by atoms with E-state index in [4.69, 9.17) is 0 Å². The molecule has 0 unspecified atom stereocenters. The summed E-state index contributed by atoms with van der Waals surface area (Å²) in [7, 11) is 1.77. The molecule has 0 saturated carbocycles. The fourth-order valence-corrected chi connectivity index (χ4v) is 3.84. The van der Waals surface area contributed by atoms with Crippen LogP contribution in [0.4, 0.5) is 14.9 Å². The van der Waals surface area contributed by atoms with Gasteiger partial charge in [-0.05, 0) is 48.2 Å². The molecule has 164 valence electrons. The fourth-order valence-electron chi connectivity index (χ4n) is 3.84. The van der Waals surface area contributed by atoms with Crippen LogP contribution >= 0.6 is 0 Å². The van der Waals surface area contributed by atoms with E-state index in [0.29, 0.717) is 37.2 Å². The summed E-state index contributed by atoms with van der Waals surface area (Å²) in [4.78, 5) is 36.5. The molecule has 0 aliphatic carbocycles. The number of hydrogen-bond acceptors (Lipinski definition) is 4. The summed E-state index contributed by atoms with van der Waals surface area (Å²) in [6, 6.07) is 13.5. The quantitative estimate of drug-likeness (QED) is 0.673. The first-order valence-corrected chi connectivity index (χ1v) is 10.5. The molecule has 1 saturated heterocycles. The topological polar surface area (TPSA) is 78.4 Å². The first kappa shape index (κ1) is 21.4. The molecular formula is C24H24FN5O2. The van der Waals surface area contributed by atoms with Crippen LogP contribution < -0.4 is 5.32 Å². The van der Waals surface area contributed by atoms with Crippen LogP contribution in [-0.4, -0.2) is 57.9 Å². The normalized spacial score (nSPS) is 14.1. The molecule has 1 aliphatic rings. The number of nitrogens with zero attached hydrogens (tertiary/aromatic N) is 4. The SMILES string of the molecule is CN(C(=O)Nc1ccc(-c2cccc(F)c2)cc1)C1CCN(C(=O)c2cncnc2)CC1. The van der Waals surface area contributed by atoms with Gasteiger partial charge in [0.05, 0.1) is 5.56 Å². The summed E-state index contributed by atoms with van der Waals surface area (Å²) in [6.07, 6.45) is 5.82. The molecule has 32 heavy (non-hydrogen) atoms. The number of benzene rings is 2. The molecule has 1 N–H and O–H groups in total. The molecule has 1 fully saturated rings. The molecule has 0 radical (unpaired) electrons. The average Bonchev–Trinajstić information content (AvgIpc) is 2.84. The number of aromatic nitrogens is 2. The summed E-state index contributed by atoms with van der Waals surface area (Å²) >= 11 is 0. The molecule has 3 aromatic rings. The van der Waals surface area contributed by atoms with Crippen LogP contribution in [0.25, 0.3) is 11.1 Å². The highest BCUT2D eigenvalue weighted by molar-refractivity contribution is 5.93. The van der Waals surface area contributed by atoms with E-state index in [2.05, 4.69) is 15.3 Å². The lowest BCUT2D eigenvalue weighted by Crippen LogP contribution is -2.48. The van der Waals surface area contributed by atoms with E-state index in [-0.39, 0.29) is 23.8 Å². The lowest BCUT2D eigenvalue weighted by atomic mass is 10.0. The summed E-state index contributed by atoms with van der Waals surface area (Å²) in [6.45, 7) is 1.14. The van der Waals surface area contributed by atoms with Gasteiger partial charge in [0, 0.05) is 44.3 Å². The Kier molecular flexibility index (Phi) is 6.39. The fraction of sp³-hybridized carbons (Fsp3) is 0.250. The lowest BCUT2D eigenvalue weighted by molar-refractivity contribution is 0.0670. The van der Waals surface area contributed by atoms with Gasteiger partial charge >= 0.3 is 6.03 Å². The lowest BCUT2D eigenvalue weighted by Gasteiger charge is -2.36. The summed E-state index contributed by atoms with van der Waals surface area (Å²) < 4.78 is 13.4. The van der Waals surface area contributed by atoms with Crippen LogP contribution in [0.3, 0.4) is 0 Å². The minimum absolute atomic E-state index is 0.0395. The van der Waals surface area contributed by atoms with Crippen molar-refractivity contribution in [2.45, 2.75) is 18.9 Å². The number of piperidine rings is 1. The van der Waals surface area contributed by atoms with Crippen LogP contribution in [0.2, 0.25) is 0 Å². The molecular weight excluding hydrogens is 409 g/mol. The average molecular weight is 433 g/mol. The number of likely N-dealkylation sites (tertiary alicyclic amines) is 1. The minimum Gasteiger partial charge on any atom is -0.338 e. The van der Waals surface area contributed by atoms with Gasteiger partial charge in [-0.2, -0.15) is 0 Å². The minimum atomic E-state index is -0.286. The standard InChI is InChI=1S/C24H24FN5O2/c1-29(22-9-11-30(12-10-22)23(31)19-14-26-16-27-15-19)24(32)28-21-7-5-17(6-8-21)18-3-2-4-20(25)13-18/h2-8,13-16,22H,9-12H2,1H3,(H,28,32). The number of nitrogens with one attached hydrogen (secondary N) is 1. The number of carbonyl (C=O) groups excluding carboxylic acids is 2. The van der Waals surface area contributed by atoms with Gasteiger partial charge in [0.25, 0.3) is 5.91 Å². The zero-order valence-electron chi connectivity index (χ0n) is 17.7. The molecule has 2 heterocycles. The van der Waals surface area contributed by atoms with Gasteiger partial charge in [-0.15, -0.1) is 0 Å². The van der Waals surface area contributed by atoms with Crippen molar-refractivity contribution in [3.8, 4) is 11.1 Å². The Balaban J connectivity index is 1.31. The number of halogens is 1. The first-order valence-electron chi connectivity index (χ1n) is 10.5. The van der Waals surface area contributed by atoms with Crippen molar-refractivity contribution in [3.63, 3.8) is 0 Å². The molecule has 0 atom stereocenters. The highest BCUT2D eigenvalue weighted by atomic mass is 19.1. The zero-order chi connectivity index (χ0) is 22.5. The number of urea groups is 1. The van der Waals surface area contributed by atoms with Gasteiger partial charge in [0.1, 0.15) is 12.1 Å². The maximum absolute atomic E-state index is 13.4. The molecule has 1 aliphatic heterocycles. The van der Waals surface area contributed by atoms with Crippen LogP contribution in [0.15, 0.2) is 67.3 Å². The molecule has 8 heteroatoms. The number of rotatable bonds is 4. The van der Waals surface area contributed by atoms with E-state index >= 15 is 0 Å². The van der Waals surface area contributed by atoms with Gasteiger partial charge in [-0.3, -0.25) is 4.79 Å². The summed E-state index contributed by atoms with van der Waals surface area (Å²) in [5, 5.41) is 2.90. The van der Waals surface area contributed by atoms with Crippen molar-refractivity contribution in [2.24, 2.45) is 0 Å². The third kappa shape index (κ3) is 4.91. The van der Waals surface area contributed by atoms with Gasteiger partial charge in [-0.1, -0.05) is 24.3 Å². The van der Waals surface area contributed by atoms with Crippen molar-refractivity contribution in [1.29, 1.82) is 0 Å². The second-order valence-corrected chi connectivity index (χ2v) is 7.78. The van der Waals surface area contributed by atoms with Crippen LogP contribution in [0.5, 0.6) is 0 Å². The Bertz CT molecular complexity index is 1080. The van der Waals surface area contributed by atoms with Crippen molar-refractivity contribution < 1.29 is 14.0 Å². The number of hydrogen-bond donors (Lipinski definition) is 1. The van der Waals surface area contributed by atoms with Gasteiger partial charge in [-0.25, -0.2) is 19.2 Å². The molecule has 0 spiro atoms. The Labute approximate surface area is 185 Å². The van der Waals surface area contributed by atoms with Crippen molar-refractivity contribution >= 4 is 17.6 Å². The Morgan fingerprint density at radius 1 is 1.03 bits per heavy atom. The largest absolute Gasteiger partial charge is 0.338 e. The smallest absolute Gasteiger partial charge is 0.321 e. The van der Waals surface area contributed by atoms with Gasteiger partial charge in [0.2, 0.25) is 0 Å². The predicted molar refractivity (Wildman–Crippen MR) is 120 cm³/mol. The highest BCUT2D eigenvalue weighted by Crippen LogP contribution is 2.23.